The van der Waals surface area contributed by atoms with E-state index < -0.39 is 5.97 Å². The highest BCUT2D eigenvalue weighted by molar-refractivity contribution is 7.20. The summed E-state index contributed by atoms with van der Waals surface area (Å²) in [4.78, 5) is 22.7. The van der Waals surface area contributed by atoms with Gasteiger partial charge in [0, 0.05) is 11.2 Å². The SMILES string of the molecule is O=C(O)COCCNC(=O)c1cc2ccccc2s1. The average Bonchev–Trinajstić information content (AvgIpc) is 2.81. The standard InChI is InChI=1S/C13H13NO4S/c15-12(16)8-18-6-5-14-13(17)11-7-9-3-1-2-4-10(9)19-11/h1-4,7H,5-6,8H2,(H,14,17)(H,15,16). The normalized spacial score (nSPS) is 10.5. The van der Waals surface area contributed by atoms with Crippen LogP contribution in [0, 0.1) is 0 Å². The number of carbonyl (C=O) groups is 2. The average molecular weight is 279 g/mol. The smallest absolute Gasteiger partial charge is 0.329 e. The Kier molecular flexibility index (Phi) is 4.48. The van der Waals surface area contributed by atoms with Gasteiger partial charge in [-0.2, -0.15) is 0 Å². The summed E-state index contributed by atoms with van der Waals surface area (Å²) < 4.78 is 5.89. The number of amides is 1. The molecule has 6 heteroatoms. The molecule has 5 nitrogen and oxygen atoms in total. The summed E-state index contributed by atoms with van der Waals surface area (Å²) in [6.07, 6.45) is 0. The minimum Gasteiger partial charge on any atom is -0.480 e. The second kappa shape index (κ2) is 6.31. The van der Waals surface area contributed by atoms with Crippen LogP contribution in [0.2, 0.25) is 0 Å². The number of nitrogens with one attached hydrogen (secondary N) is 1. The lowest BCUT2D eigenvalue weighted by Crippen LogP contribution is -2.27. The fourth-order valence-electron chi connectivity index (χ4n) is 1.58. The van der Waals surface area contributed by atoms with E-state index in [0.29, 0.717) is 11.4 Å². The quantitative estimate of drug-likeness (QED) is 0.790. The van der Waals surface area contributed by atoms with Gasteiger partial charge < -0.3 is 15.2 Å². The van der Waals surface area contributed by atoms with Gasteiger partial charge in [-0.15, -0.1) is 11.3 Å². The van der Waals surface area contributed by atoms with Gasteiger partial charge in [0.25, 0.3) is 5.91 Å². The Bertz CT molecular complexity index is 560. The number of rotatable bonds is 6. The summed E-state index contributed by atoms with van der Waals surface area (Å²) in [6, 6.07) is 9.62. The lowest BCUT2D eigenvalue weighted by Gasteiger charge is -2.03. The van der Waals surface area contributed by atoms with Gasteiger partial charge in [0.2, 0.25) is 0 Å². The molecule has 0 aliphatic heterocycles. The zero-order chi connectivity index (χ0) is 13.7. The Hall–Kier alpha value is -1.92. The Morgan fingerprint density at radius 1 is 1.32 bits per heavy atom. The molecule has 2 rings (SSSR count). The molecule has 0 aliphatic carbocycles. The van der Waals surface area contributed by atoms with Crippen molar-refractivity contribution in [3.8, 4) is 0 Å². The number of carboxylic acid groups (broad SMARTS) is 1. The van der Waals surface area contributed by atoms with Crippen molar-refractivity contribution in [1.82, 2.24) is 5.32 Å². The first-order valence-corrected chi connectivity index (χ1v) is 6.55. The fourth-order valence-corrected chi connectivity index (χ4v) is 2.56. The van der Waals surface area contributed by atoms with Crippen LogP contribution in [-0.2, 0) is 9.53 Å². The molecule has 2 aromatic rings. The third-order valence-corrected chi connectivity index (χ3v) is 3.52. The van der Waals surface area contributed by atoms with Crippen LogP contribution in [0.5, 0.6) is 0 Å². The third-order valence-electron chi connectivity index (χ3n) is 2.41. The Morgan fingerprint density at radius 3 is 2.84 bits per heavy atom. The van der Waals surface area contributed by atoms with E-state index >= 15 is 0 Å². The molecule has 19 heavy (non-hydrogen) atoms. The lowest BCUT2D eigenvalue weighted by molar-refractivity contribution is -0.142. The molecular weight excluding hydrogens is 266 g/mol. The molecule has 1 amide bonds. The van der Waals surface area contributed by atoms with Gasteiger partial charge in [0.05, 0.1) is 11.5 Å². The molecule has 1 aromatic heterocycles. The first-order valence-electron chi connectivity index (χ1n) is 5.73. The molecule has 0 radical (unpaired) electrons. The van der Waals surface area contributed by atoms with Crippen molar-refractivity contribution in [2.45, 2.75) is 0 Å². The summed E-state index contributed by atoms with van der Waals surface area (Å²) in [5.41, 5.74) is 0. The molecule has 0 aliphatic rings. The molecular formula is C13H13NO4S. The zero-order valence-corrected chi connectivity index (χ0v) is 10.9. The first kappa shape index (κ1) is 13.5. The lowest BCUT2D eigenvalue weighted by atomic mass is 10.2. The fraction of sp³-hybridized carbons (Fsp3) is 0.231. The number of fused-ring (bicyclic) bond motifs is 1. The van der Waals surface area contributed by atoms with Gasteiger partial charge in [-0.3, -0.25) is 4.79 Å². The van der Waals surface area contributed by atoms with E-state index in [1.165, 1.54) is 11.3 Å². The second-order valence-corrected chi connectivity index (χ2v) is 4.93. The van der Waals surface area contributed by atoms with E-state index in [9.17, 15) is 9.59 Å². The van der Waals surface area contributed by atoms with Crippen molar-refractivity contribution in [2.75, 3.05) is 19.8 Å². The number of carboxylic acids is 1. The molecule has 0 spiro atoms. The summed E-state index contributed by atoms with van der Waals surface area (Å²) >= 11 is 1.43. The van der Waals surface area contributed by atoms with Crippen LogP contribution < -0.4 is 5.32 Å². The van der Waals surface area contributed by atoms with Gasteiger partial charge in [-0.1, -0.05) is 18.2 Å². The molecule has 0 atom stereocenters. The van der Waals surface area contributed by atoms with E-state index in [2.05, 4.69) is 5.32 Å². The first-order chi connectivity index (χ1) is 9.16. The Balaban J connectivity index is 1.84. The highest BCUT2D eigenvalue weighted by Gasteiger charge is 2.09. The van der Waals surface area contributed by atoms with Gasteiger partial charge in [0.15, 0.2) is 0 Å². The molecule has 1 aromatic carbocycles. The van der Waals surface area contributed by atoms with E-state index in [0.717, 1.165) is 10.1 Å². The van der Waals surface area contributed by atoms with Crippen LogP contribution in [0.25, 0.3) is 10.1 Å². The van der Waals surface area contributed by atoms with E-state index in [1.807, 2.05) is 30.3 Å². The summed E-state index contributed by atoms with van der Waals surface area (Å²) in [5, 5.41) is 12.1. The molecule has 0 bridgehead atoms. The second-order valence-electron chi connectivity index (χ2n) is 3.85. The van der Waals surface area contributed by atoms with Gasteiger partial charge in [0.1, 0.15) is 6.61 Å². The summed E-state index contributed by atoms with van der Waals surface area (Å²) in [7, 11) is 0. The minimum absolute atomic E-state index is 0.167. The van der Waals surface area contributed by atoms with E-state index in [-0.39, 0.29) is 19.1 Å². The number of aliphatic carboxylic acids is 1. The molecule has 1 heterocycles. The zero-order valence-electron chi connectivity index (χ0n) is 10.1. The van der Waals surface area contributed by atoms with Gasteiger partial charge >= 0.3 is 5.97 Å². The summed E-state index contributed by atoms with van der Waals surface area (Å²) in [6.45, 7) is 0.127. The van der Waals surface area contributed by atoms with Crippen LogP contribution in [0.1, 0.15) is 9.67 Å². The maximum Gasteiger partial charge on any atom is 0.329 e. The van der Waals surface area contributed by atoms with Crippen LogP contribution in [-0.4, -0.2) is 36.7 Å². The largest absolute Gasteiger partial charge is 0.480 e. The minimum atomic E-state index is -1.02. The Labute approximate surface area is 113 Å². The van der Waals surface area contributed by atoms with Crippen molar-refractivity contribution < 1.29 is 19.4 Å². The van der Waals surface area contributed by atoms with E-state index in [1.54, 1.807) is 0 Å². The number of carbonyl (C=O) groups excluding carboxylic acids is 1. The number of hydrogen-bond acceptors (Lipinski definition) is 4. The van der Waals surface area contributed by atoms with Crippen LogP contribution in [0.4, 0.5) is 0 Å². The monoisotopic (exact) mass is 279 g/mol. The molecule has 0 unspecified atom stereocenters. The van der Waals surface area contributed by atoms with Crippen molar-refractivity contribution in [3.63, 3.8) is 0 Å². The van der Waals surface area contributed by atoms with Crippen molar-refractivity contribution in [3.05, 3.63) is 35.2 Å². The predicted octanol–water partition coefficient (Wildman–Crippen LogP) is 1.73. The van der Waals surface area contributed by atoms with Crippen molar-refractivity contribution in [1.29, 1.82) is 0 Å². The van der Waals surface area contributed by atoms with Gasteiger partial charge in [-0.05, 0) is 17.5 Å². The molecule has 0 fully saturated rings. The Morgan fingerprint density at radius 2 is 2.11 bits per heavy atom. The van der Waals surface area contributed by atoms with Gasteiger partial charge in [-0.25, -0.2) is 4.79 Å². The maximum absolute atomic E-state index is 11.8. The highest BCUT2D eigenvalue weighted by atomic mass is 32.1. The summed E-state index contributed by atoms with van der Waals surface area (Å²) in [5.74, 6) is -1.18. The molecule has 2 N–H and O–H groups in total. The number of hydrogen-bond donors (Lipinski definition) is 2. The maximum atomic E-state index is 11.8. The van der Waals surface area contributed by atoms with Crippen LogP contribution in [0.15, 0.2) is 30.3 Å². The van der Waals surface area contributed by atoms with Crippen molar-refractivity contribution in [2.24, 2.45) is 0 Å². The topological polar surface area (TPSA) is 75.6 Å². The number of benzene rings is 1. The molecule has 0 saturated carbocycles. The molecule has 100 valence electrons. The third kappa shape index (κ3) is 3.77. The highest BCUT2D eigenvalue weighted by Crippen LogP contribution is 2.24. The molecule has 0 saturated heterocycles. The number of ether oxygens (including phenoxy) is 1. The predicted molar refractivity (Wildman–Crippen MR) is 72.6 cm³/mol. The van der Waals surface area contributed by atoms with Crippen LogP contribution >= 0.6 is 11.3 Å². The van der Waals surface area contributed by atoms with Crippen molar-refractivity contribution >= 4 is 33.3 Å². The van der Waals surface area contributed by atoms with Crippen LogP contribution in [0.3, 0.4) is 0 Å². The number of thiophene rings is 1. The van der Waals surface area contributed by atoms with E-state index in [4.69, 9.17) is 9.84 Å².